The largest absolute Gasteiger partial charge is 0.368 e. The van der Waals surface area contributed by atoms with Crippen LogP contribution >= 0.6 is 0 Å². The minimum absolute atomic E-state index is 0.0474. The average molecular weight is 202 g/mol. The van der Waals surface area contributed by atoms with Crippen molar-refractivity contribution in [1.82, 2.24) is 15.0 Å². The van der Waals surface area contributed by atoms with E-state index in [1.54, 1.807) is 6.92 Å². The standard InChI is InChI=1S/C6H10N4O2S/c1-4-8-5(3-13(2,11)12)10-6(7)9-4/h3H2,1-2H3,(H2,7,8,9,10). The second kappa shape index (κ2) is 3.25. The smallest absolute Gasteiger partial charge is 0.223 e. The quantitative estimate of drug-likeness (QED) is 0.681. The maximum absolute atomic E-state index is 10.9. The Hall–Kier alpha value is -1.24. The summed E-state index contributed by atoms with van der Waals surface area (Å²) >= 11 is 0. The summed E-state index contributed by atoms with van der Waals surface area (Å²) in [6.07, 6.45) is 1.11. The molecule has 1 heterocycles. The number of hydrogen-bond donors (Lipinski definition) is 1. The molecule has 0 saturated heterocycles. The minimum atomic E-state index is -3.12. The van der Waals surface area contributed by atoms with Gasteiger partial charge >= 0.3 is 0 Å². The summed E-state index contributed by atoms with van der Waals surface area (Å²) < 4.78 is 21.8. The van der Waals surface area contributed by atoms with Crippen LogP contribution < -0.4 is 5.73 Å². The van der Waals surface area contributed by atoms with Gasteiger partial charge in [-0.2, -0.15) is 9.97 Å². The van der Waals surface area contributed by atoms with Crippen LogP contribution in [0.4, 0.5) is 5.95 Å². The van der Waals surface area contributed by atoms with E-state index in [0.717, 1.165) is 6.26 Å². The number of rotatable bonds is 2. The van der Waals surface area contributed by atoms with E-state index in [1.807, 2.05) is 0 Å². The van der Waals surface area contributed by atoms with Crippen LogP contribution in [0.25, 0.3) is 0 Å². The van der Waals surface area contributed by atoms with Gasteiger partial charge < -0.3 is 5.73 Å². The summed E-state index contributed by atoms with van der Waals surface area (Å²) in [6, 6.07) is 0. The number of aryl methyl sites for hydroxylation is 1. The molecule has 0 fully saturated rings. The Morgan fingerprint density at radius 3 is 2.38 bits per heavy atom. The van der Waals surface area contributed by atoms with Crippen molar-refractivity contribution in [3.63, 3.8) is 0 Å². The van der Waals surface area contributed by atoms with Crippen molar-refractivity contribution in [2.75, 3.05) is 12.0 Å². The van der Waals surface area contributed by atoms with Crippen molar-refractivity contribution in [2.24, 2.45) is 0 Å². The molecule has 0 aliphatic rings. The Bertz CT molecular complexity index is 394. The van der Waals surface area contributed by atoms with Crippen LogP contribution in [-0.4, -0.2) is 29.6 Å². The van der Waals surface area contributed by atoms with Crippen molar-refractivity contribution < 1.29 is 8.42 Å². The van der Waals surface area contributed by atoms with Gasteiger partial charge in [-0.25, -0.2) is 13.4 Å². The fraction of sp³-hybridized carbons (Fsp3) is 0.500. The van der Waals surface area contributed by atoms with E-state index in [0.29, 0.717) is 5.82 Å². The number of aromatic nitrogens is 3. The van der Waals surface area contributed by atoms with E-state index in [-0.39, 0.29) is 17.5 Å². The lowest BCUT2D eigenvalue weighted by atomic mass is 10.6. The molecule has 0 amide bonds. The molecule has 1 aromatic heterocycles. The molecular weight excluding hydrogens is 192 g/mol. The monoisotopic (exact) mass is 202 g/mol. The first kappa shape index (κ1) is 9.85. The van der Waals surface area contributed by atoms with Crippen LogP contribution in [0.3, 0.4) is 0 Å². The highest BCUT2D eigenvalue weighted by Gasteiger charge is 2.08. The highest BCUT2D eigenvalue weighted by atomic mass is 32.2. The Morgan fingerprint density at radius 1 is 1.31 bits per heavy atom. The number of nitrogens with zero attached hydrogens (tertiary/aromatic N) is 3. The van der Waals surface area contributed by atoms with Gasteiger partial charge in [-0.05, 0) is 6.92 Å². The molecule has 7 heteroatoms. The number of anilines is 1. The maximum atomic E-state index is 10.9. The molecule has 0 aromatic carbocycles. The molecule has 0 spiro atoms. The minimum Gasteiger partial charge on any atom is -0.368 e. The first-order valence-corrected chi connectivity index (χ1v) is 5.57. The van der Waals surface area contributed by atoms with Gasteiger partial charge in [-0.3, -0.25) is 0 Å². The summed E-state index contributed by atoms with van der Waals surface area (Å²) in [4.78, 5) is 11.3. The lowest BCUT2D eigenvalue weighted by Gasteiger charge is -1.99. The molecule has 1 aromatic rings. The third-order valence-corrected chi connectivity index (χ3v) is 1.98. The SMILES string of the molecule is Cc1nc(N)nc(CS(C)(=O)=O)n1. The van der Waals surface area contributed by atoms with Crippen molar-refractivity contribution >= 4 is 15.8 Å². The molecule has 13 heavy (non-hydrogen) atoms. The lowest BCUT2D eigenvalue weighted by Crippen LogP contribution is -2.09. The van der Waals surface area contributed by atoms with E-state index < -0.39 is 9.84 Å². The van der Waals surface area contributed by atoms with Gasteiger partial charge in [0, 0.05) is 6.26 Å². The first-order valence-electron chi connectivity index (χ1n) is 3.51. The number of sulfone groups is 1. The molecule has 72 valence electrons. The summed E-state index contributed by atoms with van der Waals surface area (Å²) in [6.45, 7) is 1.63. The molecule has 0 saturated carbocycles. The van der Waals surface area contributed by atoms with Gasteiger partial charge in [-0.15, -0.1) is 0 Å². The molecule has 6 nitrogen and oxygen atoms in total. The first-order chi connectivity index (χ1) is 5.87. The molecule has 0 aliphatic carbocycles. The maximum Gasteiger partial charge on any atom is 0.223 e. The van der Waals surface area contributed by atoms with Crippen molar-refractivity contribution in [1.29, 1.82) is 0 Å². The van der Waals surface area contributed by atoms with Gasteiger partial charge in [0.2, 0.25) is 5.95 Å². The van der Waals surface area contributed by atoms with E-state index in [2.05, 4.69) is 15.0 Å². The normalized spacial score (nSPS) is 11.5. The van der Waals surface area contributed by atoms with Crippen LogP contribution in [-0.2, 0) is 15.6 Å². The summed E-state index contributed by atoms with van der Waals surface area (Å²) in [7, 11) is -3.12. The third kappa shape index (κ3) is 3.32. The van der Waals surface area contributed by atoms with Crippen LogP contribution in [0, 0.1) is 6.92 Å². The van der Waals surface area contributed by atoms with E-state index in [9.17, 15) is 8.42 Å². The second-order valence-electron chi connectivity index (χ2n) is 2.73. The Labute approximate surface area is 76.2 Å². The molecule has 0 atom stereocenters. The fourth-order valence-corrected chi connectivity index (χ4v) is 1.46. The second-order valence-corrected chi connectivity index (χ2v) is 4.87. The predicted molar refractivity (Wildman–Crippen MR) is 47.5 cm³/mol. The zero-order valence-corrected chi connectivity index (χ0v) is 8.17. The van der Waals surface area contributed by atoms with Crippen LogP contribution in [0.5, 0.6) is 0 Å². The Balaban J connectivity index is 3.03. The fourth-order valence-electron chi connectivity index (χ4n) is 0.859. The summed E-state index contributed by atoms with van der Waals surface area (Å²) in [5.41, 5.74) is 5.32. The number of nitrogens with two attached hydrogens (primary N) is 1. The lowest BCUT2D eigenvalue weighted by molar-refractivity contribution is 0.599. The Kier molecular flexibility index (Phi) is 2.46. The highest BCUT2D eigenvalue weighted by molar-refractivity contribution is 7.89. The van der Waals surface area contributed by atoms with Crippen LogP contribution in [0.15, 0.2) is 0 Å². The van der Waals surface area contributed by atoms with Crippen molar-refractivity contribution in [3.8, 4) is 0 Å². The molecule has 0 bridgehead atoms. The zero-order valence-electron chi connectivity index (χ0n) is 7.35. The molecular formula is C6H10N4O2S. The average Bonchev–Trinajstić information content (AvgIpc) is 1.78. The van der Waals surface area contributed by atoms with Gasteiger partial charge in [0.25, 0.3) is 0 Å². The number of hydrogen-bond acceptors (Lipinski definition) is 6. The van der Waals surface area contributed by atoms with E-state index >= 15 is 0 Å². The van der Waals surface area contributed by atoms with Gasteiger partial charge in [-0.1, -0.05) is 0 Å². The molecule has 1 rings (SSSR count). The topological polar surface area (TPSA) is 98.8 Å². The Morgan fingerprint density at radius 2 is 1.92 bits per heavy atom. The molecule has 2 N–H and O–H groups in total. The highest BCUT2D eigenvalue weighted by Crippen LogP contribution is 2.00. The summed E-state index contributed by atoms with van der Waals surface area (Å²) in [5.74, 6) is 0.449. The van der Waals surface area contributed by atoms with Gasteiger partial charge in [0.1, 0.15) is 17.4 Å². The molecule has 0 aliphatic heterocycles. The number of nitrogen functional groups attached to an aromatic ring is 1. The van der Waals surface area contributed by atoms with Crippen LogP contribution in [0.1, 0.15) is 11.6 Å². The third-order valence-electron chi connectivity index (χ3n) is 1.20. The molecule has 0 radical (unpaired) electrons. The molecule has 0 unspecified atom stereocenters. The van der Waals surface area contributed by atoms with Gasteiger partial charge in [0.05, 0.1) is 0 Å². The van der Waals surface area contributed by atoms with E-state index in [1.165, 1.54) is 0 Å². The van der Waals surface area contributed by atoms with Crippen LogP contribution in [0.2, 0.25) is 0 Å². The van der Waals surface area contributed by atoms with Gasteiger partial charge in [0.15, 0.2) is 9.84 Å². The zero-order chi connectivity index (χ0) is 10.1. The summed E-state index contributed by atoms with van der Waals surface area (Å²) in [5, 5.41) is 0. The van der Waals surface area contributed by atoms with Crippen molar-refractivity contribution in [3.05, 3.63) is 11.6 Å². The predicted octanol–water partition coefficient (Wildman–Crippen LogP) is -0.693. The van der Waals surface area contributed by atoms with E-state index in [4.69, 9.17) is 5.73 Å². The van der Waals surface area contributed by atoms with Crippen molar-refractivity contribution in [2.45, 2.75) is 12.7 Å².